The van der Waals surface area contributed by atoms with E-state index in [-0.39, 0.29) is 18.4 Å². The number of hydrogen-bond donors (Lipinski definition) is 0. The molecule has 5 nitrogen and oxygen atoms in total. The Bertz CT molecular complexity index is 669. The van der Waals surface area contributed by atoms with Gasteiger partial charge in [-0.15, -0.1) is 21.8 Å². The average Bonchev–Trinajstić information content (AvgIpc) is 2.96. The fourth-order valence-corrected chi connectivity index (χ4v) is 2.50. The van der Waals surface area contributed by atoms with Crippen molar-refractivity contribution in [1.82, 2.24) is 10.2 Å². The number of anilines is 1. The Kier molecular flexibility index (Phi) is 5.77. The molecule has 0 N–H and O–H groups in total. The maximum atomic E-state index is 12.8. The van der Waals surface area contributed by atoms with Crippen LogP contribution in [0.2, 0.25) is 0 Å². The van der Waals surface area contributed by atoms with Gasteiger partial charge in [-0.2, -0.15) is 0 Å². The molecule has 0 fully saturated rings. The van der Waals surface area contributed by atoms with Gasteiger partial charge in [0.2, 0.25) is 17.7 Å². The van der Waals surface area contributed by atoms with E-state index in [9.17, 15) is 4.79 Å². The Morgan fingerprint density at radius 3 is 2.57 bits per heavy atom. The SMILES string of the molecule is CCC(Cl)C(=O)N(Cc1nnc(C)o1)c1ccccc1C(C)C. The van der Waals surface area contributed by atoms with Gasteiger partial charge >= 0.3 is 0 Å². The molecule has 2 aromatic rings. The number of aromatic nitrogens is 2. The average molecular weight is 336 g/mol. The van der Waals surface area contributed by atoms with Crippen LogP contribution >= 0.6 is 11.6 Å². The Morgan fingerprint density at radius 1 is 1.30 bits per heavy atom. The molecule has 0 saturated heterocycles. The lowest BCUT2D eigenvalue weighted by Crippen LogP contribution is -2.37. The van der Waals surface area contributed by atoms with E-state index in [1.165, 1.54) is 0 Å². The molecule has 23 heavy (non-hydrogen) atoms. The lowest BCUT2D eigenvalue weighted by atomic mass is 10.00. The highest BCUT2D eigenvalue weighted by Crippen LogP contribution is 2.29. The van der Waals surface area contributed by atoms with Crippen molar-refractivity contribution in [2.75, 3.05) is 4.90 Å². The molecule has 0 aliphatic heterocycles. The Labute approximate surface area is 141 Å². The van der Waals surface area contributed by atoms with Crippen LogP contribution in [-0.2, 0) is 11.3 Å². The normalized spacial score (nSPS) is 12.4. The molecule has 1 amide bonds. The maximum absolute atomic E-state index is 12.8. The van der Waals surface area contributed by atoms with Gasteiger partial charge in [0.1, 0.15) is 11.9 Å². The molecule has 2 rings (SSSR count). The van der Waals surface area contributed by atoms with Crippen LogP contribution in [0.1, 0.15) is 50.5 Å². The molecule has 0 saturated carbocycles. The Balaban J connectivity index is 2.43. The second kappa shape index (κ2) is 7.59. The zero-order chi connectivity index (χ0) is 17.0. The van der Waals surface area contributed by atoms with Gasteiger partial charge in [-0.05, 0) is 24.0 Å². The largest absolute Gasteiger partial charge is 0.424 e. The van der Waals surface area contributed by atoms with Crippen molar-refractivity contribution >= 4 is 23.2 Å². The number of nitrogens with zero attached hydrogens (tertiary/aromatic N) is 3. The molecule has 1 atom stereocenters. The minimum absolute atomic E-state index is 0.155. The monoisotopic (exact) mass is 335 g/mol. The number of halogens is 1. The number of alkyl halides is 1. The summed E-state index contributed by atoms with van der Waals surface area (Å²) in [7, 11) is 0. The minimum atomic E-state index is -0.584. The Morgan fingerprint density at radius 2 is 2.00 bits per heavy atom. The van der Waals surface area contributed by atoms with Crippen molar-refractivity contribution in [2.45, 2.75) is 52.0 Å². The highest BCUT2D eigenvalue weighted by molar-refractivity contribution is 6.32. The van der Waals surface area contributed by atoms with Crippen LogP contribution in [0, 0.1) is 6.92 Å². The summed E-state index contributed by atoms with van der Waals surface area (Å²) in [5, 5.41) is 7.24. The zero-order valence-electron chi connectivity index (χ0n) is 13.9. The number of benzene rings is 1. The number of para-hydroxylation sites is 1. The standard InChI is InChI=1S/C17H22ClN3O2/c1-5-14(18)17(22)21(10-16-20-19-12(4)23-16)15-9-7-6-8-13(15)11(2)3/h6-9,11,14H,5,10H2,1-4H3. The van der Waals surface area contributed by atoms with Crippen molar-refractivity contribution < 1.29 is 9.21 Å². The summed E-state index contributed by atoms with van der Waals surface area (Å²) in [6.07, 6.45) is 0.559. The van der Waals surface area contributed by atoms with Crippen molar-refractivity contribution in [2.24, 2.45) is 0 Å². The van der Waals surface area contributed by atoms with E-state index in [1.807, 2.05) is 31.2 Å². The molecule has 0 bridgehead atoms. The quantitative estimate of drug-likeness (QED) is 0.747. The van der Waals surface area contributed by atoms with Crippen molar-refractivity contribution in [1.29, 1.82) is 0 Å². The van der Waals surface area contributed by atoms with Gasteiger partial charge in [0.05, 0.1) is 0 Å². The summed E-state index contributed by atoms with van der Waals surface area (Å²) in [4.78, 5) is 14.4. The van der Waals surface area contributed by atoms with Crippen LogP contribution in [-0.4, -0.2) is 21.5 Å². The molecule has 0 aliphatic rings. The van der Waals surface area contributed by atoms with Gasteiger partial charge < -0.3 is 9.32 Å². The van der Waals surface area contributed by atoms with Gasteiger partial charge in [0.25, 0.3) is 0 Å². The van der Waals surface area contributed by atoms with E-state index in [2.05, 4.69) is 24.0 Å². The number of hydrogen-bond acceptors (Lipinski definition) is 4. The number of amides is 1. The smallest absolute Gasteiger partial charge is 0.245 e. The van der Waals surface area contributed by atoms with Gasteiger partial charge in [0, 0.05) is 12.6 Å². The van der Waals surface area contributed by atoms with Crippen LogP contribution in [0.3, 0.4) is 0 Å². The van der Waals surface area contributed by atoms with E-state index < -0.39 is 5.38 Å². The lowest BCUT2D eigenvalue weighted by Gasteiger charge is -2.26. The first-order valence-corrected chi connectivity index (χ1v) is 8.21. The second-order valence-corrected chi connectivity index (χ2v) is 6.26. The summed E-state index contributed by atoms with van der Waals surface area (Å²) >= 11 is 6.21. The first kappa shape index (κ1) is 17.5. The predicted octanol–water partition coefficient (Wildman–Crippen LogP) is 4.05. The van der Waals surface area contributed by atoms with Crippen LogP contribution in [0.4, 0.5) is 5.69 Å². The number of carbonyl (C=O) groups is 1. The molecular weight excluding hydrogens is 314 g/mol. The van der Waals surface area contributed by atoms with Crippen LogP contribution < -0.4 is 4.90 Å². The van der Waals surface area contributed by atoms with E-state index in [1.54, 1.807) is 11.8 Å². The van der Waals surface area contributed by atoms with Gasteiger partial charge in [-0.25, -0.2) is 0 Å². The maximum Gasteiger partial charge on any atom is 0.245 e. The molecule has 6 heteroatoms. The molecule has 124 valence electrons. The summed E-state index contributed by atoms with van der Waals surface area (Å²) in [6.45, 7) is 8.01. The van der Waals surface area contributed by atoms with Crippen molar-refractivity contribution in [3.63, 3.8) is 0 Å². The highest BCUT2D eigenvalue weighted by Gasteiger charge is 2.26. The van der Waals surface area contributed by atoms with E-state index in [0.717, 1.165) is 11.3 Å². The third-order valence-electron chi connectivity index (χ3n) is 3.60. The van der Waals surface area contributed by atoms with Crippen molar-refractivity contribution in [3.8, 4) is 0 Å². The fourth-order valence-electron chi connectivity index (χ4n) is 2.38. The number of rotatable bonds is 6. The first-order valence-electron chi connectivity index (χ1n) is 7.77. The number of aryl methyl sites for hydroxylation is 1. The molecule has 0 radical (unpaired) electrons. The lowest BCUT2D eigenvalue weighted by molar-refractivity contribution is -0.118. The van der Waals surface area contributed by atoms with E-state index in [4.69, 9.17) is 16.0 Å². The first-order chi connectivity index (χ1) is 10.9. The second-order valence-electron chi connectivity index (χ2n) is 5.73. The van der Waals surface area contributed by atoms with Gasteiger partial charge in [-0.3, -0.25) is 4.79 Å². The van der Waals surface area contributed by atoms with Crippen LogP contribution in [0.15, 0.2) is 28.7 Å². The van der Waals surface area contributed by atoms with Crippen molar-refractivity contribution in [3.05, 3.63) is 41.6 Å². The summed E-state index contributed by atoms with van der Waals surface area (Å²) in [5.74, 6) is 0.997. The van der Waals surface area contributed by atoms with Crippen LogP contribution in [0.25, 0.3) is 0 Å². The molecule has 0 aliphatic carbocycles. The van der Waals surface area contributed by atoms with Gasteiger partial charge in [-0.1, -0.05) is 39.0 Å². The van der Waals surface area contributed by atoms with Gasteiger partial charge in [0.15, 0.2) is 0 Å². The minimum Gasteiger partial charge on any atom is -0.424 e. The topological polar surface area (TPSA) is 59.2 Å². The third-order valence-corrected chi connectivity index (χ3v) is 4.10. The van der Waals surface area contributed by atoms with Crippen LogP contribution in [0.5, 0.6) is 0 Å². The molecule has 1 unspecified atom stereocenters. The molecular formula is C17H22ClN3O2. The van der Waals surface area contributed by atoms with E-state index in [0.29, 0.717) is 18.2 Å². The zero-order valence-corrected chi connectivity index (χ0v) is 14.7. The predicted molar refractivity (Wildman–Crippen MR) is 90.7 cm³/mol. The summed E-state index contributed by atoms with van der Waals surface area (Å²) in [6, 6.07) is 7.83. The molecule has 1 aromatic heterocycles. The summed E-state index contributed by atoms with van der Waals surface area (Å²) in [5.41, 5.74) is 1.92. The number of carbonyl (C=O) groups excluding carboxylic acids is 1. The highest BCUT2D eigenvalue weighted by atomic mass is 35.5. The van der Waals surface area contributed by atoms with E-state index >= 15 is 0 Å². The summed E-state index contributed by atoms with van der Waals surface area (Å²) < 4.78 is 5.44. The molecule has 1 aromatic carbocycles. The molecule has 0 spiro atoms. The fraction of sp³-hybridized carbons (Fsp3) is 0.471. The third kappa shape index (κ3) is 4.10. The Hall–Kier alpha value is -1.88. The molecule has 1 heterocycles.